The molecule has 3 heteroatoms. The zero-order valence-corrected chi connectivity index (χ0v) is 10.4. The first-order chi connectivity index (χ1) is 6.61. The average Bonchev–Trinajstić information content (AvgIpc) is 2.65. The largest absolute Gasteiger partial charge is 0.362 e. The molecule has 1 aliphatic rings. The van der Waals surface area contributed by atoms with Crippen molar-refractivity contribution < 1.29 is 0 Å². The van der Waals surface area contributed by atoms with Gasteiger partial charge in [-0.25, -0.2) is 0 Å². The maximum absolute atomic E-state index is 5.35. The molecule has 0 aliphatic heterocycles. The number of nitrogens with zero attached hydrogens (tertiary/aromatic N) is 1. The summed E-state index contributed by atoms with van der Waals surface area (Å²) >= 11 is 5.35. The molecule has 0 unspecified atom stereocenters. The Bertz CT molecular complexity index is 186. The van der Waals surface area contributed by atoms with Crippen LogP contribution < -0.4 is 5.32 Å². The van der Waals surface area contributed by atoms with Crippen molar-refractivity contribution in [2.24, 2.45) is 5.92 Å². The van der Waals surface area contributed by atoms with Crippen LogP contribution in [-0.4, -0.2) is 29.6 Å². The zero-order chi connectivity index (χ0) is 10.6. The molecular weight excluding hydrogens is 192 g/mol. The molecule has 1 rings (SSSR count). The summed E-state index contributed by atoms with van der Waals surface area (Å²) in [4.78, 5) is 2.24. The fourth-order valence-corrected chi connectivity index (χ4v) is 2.11. The third-order valence-electron chi connectivity index (χ3n) is 2.85. The third kappa shape index (κ3) is 3.45. The summed E-state index contributed by atoms with van der Waals surface area (Å²) in [6.07, 6.45) is 5.34. The highest BCUT2D eigenvalue weighted by molar-refractivity contribution is 7.80. The average molecular weight is 214 g/mol. The summed E-state index contributed by atoms with van der Waals surface area (Å²) in [6.45, 7) is 5.38. The van der Waals surface area contributed by atoms with Crippen LogP contribution in [0, 0.1) is 5.92 Å². The van der Waals surface area contributed by atoms with E-state index in [1.54, 1.807) is 0 Å². The lowest BCUT2D eigenvalue weighted by atomic mass is 10.2. The number of rotatable bonds is 3. The summed E-state index contributed by atoms with van der Waals surface area (Å²) in [7, 11) is 2.12. The van der Waals surface area contributed by atoms with E-state index in [0.717, 1.165) is 11.7 Å². The van der Waals surface area contributed by atoms with Crippen molar-refractivity contribution in [2.75, 3.05) is 13.6 Å². The summed E-state index contributed by atoms with van der Waals surface area (Å²) in [5.41, 5.74) is 0. The lowest BCUT2D eigenvalue weighted by Gasteiger charge is -2.27. The van der Waals surface area contributed by atoms with Gasteiger partial charge in [0.1, 0.15) is 0 Å². The first-order valence-electron chi connectivity index (χ1n) is 5.62. The lowest BCUT2D eigenvalue weighted by Crippen LogP contribution is -2.43. The number of thiocarbonyl (C=S) groups is 1. The molecule has 1 saturated carbocycles. The Morgan fingerprint density at radius 2 is 2.00 bits per heavy atom. The molecule has 0 aromatic heterocycles. The second-order valence-corrected chi connectivity index (χ2v) is 5.02. The first-order valence-corrected chi connectivity index (χ1v) is 6.02. The lowest BCUT2D eigenvalue weighted by molar-refractivity contribution is 0.364. The normalized spacial score (nSPS) is 17.4. The zero-order valence-electron chi connectivity index (χ0n) is 9.55. The van der Waals surface area contributed by atoms with Crippen molar-refractivity contribution in [3.05, 3.63) is 0 Å². The van der Waals surface area contributed by atoms with Gasteiger partial charge in [0.15, 0.2) is 5.11 Å². The van der Waals surface area contributed by atoms with Crippen LogP contribution in [0.5, 0.6) is 0 Å². The monoisotopic (exact) mass is 214 g/mol. The smallest absolute Gasteiger partial charge is 0.168 e. The van der Waals surface area contributed by atoms with Crippen LogP contribution in [0.4, 0.5) is 0 Å². The molecule has 0 radical (unpaired) electrons. The molecule has 1 N–H and O–H groups in total. The maximum atomic E-state index is 5.35. The van der Waals surface area contributed by atoms with Crippen LogP contribution in [0.2, 0.25) is 0 Å². The Hall–Kier alpha value is -0.310. The Kier molecular flexibility index (Phi) is 4.66. The molecule has 0 amide bonds. The van der Waals surface area contributed by atoms with E-state index in [-0.39, 0.29) is 0 Å². The van der Waals surface area contributed by atoms with E-state index in [9.17, 15) is 0 Å². The van der Waals surface area contributed by atoms with E-state index in [4.69, 9.17) is 12.2 Å². The number of nitrogens with one attached hydrogen (secondary N) is 1. The summed E-state index contributed by atoms with van der Waals surface area (Å²) in [5.74, 6) is 0.657. The summed E-state index contributed by atoms with van der Waals surface area (Å²) in [6, 6.07) is 0.683. The van der Waals surface area contributed by atoms with Gasteiger partial charge in [-0.15, -0.1) is 0 Å². The molecular formula is C11H22N2S. The van der Waals surface area contributed by atoms with E-state index in [1.165, 1.54) is 25.7 Å². The highest BCUT2D eigenvalue weighted by Gasteiger charge is 2.20. The molecule has 1 fully saturated rings. The van der Waals surface area contributed by atoms with Crippen molar-refractivity contribution in [1.29, 1.82) is 0 Å². The quantitative estimate of drug-likeness (QED) is 0.726. The van der Waals surface area contributed by atoms with Gasteiger partial charge in [-0.2, -0.15) is 0 Å². The van der Waals surface area contributed by atoms with Crippen molar-refractivity contribution >= 4 is 17.3 Å². The topological polar surface area (TPSA) is 15.3 Å². The first kappa shape index (κ1) is 11.8. The minimum Gasteiger partial charge on any atom is -0.362 e. The van der Waals surface area contributed by atoms with Crippen molar-refractivity contribution in [3.63, 3.8) is 0 Å². The highest BCUT2D eigenvalue weighted by Crippen LogP contribution is 2.22. The molecule has 14 heavy (non-hydrogen) atoms. The fraction of sp³-hybridized carbons (Fsp3) is 0.909. The Labute approximate surface area is 93.1 Å². The van der Waals surface area contributed by atoms with Gasteiger partial charge in [0, 0.05) is 19.6 Å². The molecule has 82 valence electrons. The molecule has 1 aliphatic carbocycles. The Morgan fingerprint density at radius 1 is 1.43 bits per heavy atom. The molecule has 2 nitrogen and oxygen atoms in total. The van der Waals surface area contributed by atoms with Crippen LogP contribution in [-0.2, 0) is 0 Å². The van der Waals surface area contributed by atoms with Crippen LogP contribution in [0.25, 0.3) is 0 Å². The fourth-order valence-electron chi connectivity index (χ4n) is 1.87. The van der Waals surface area contributed by atoms with Crippen molar-refractivity contribution in [3.8, 4) is 0 Å². The minimum absolute atomic E-state index is 0.657. The highest BCUT2D eigenvalue weighted by atomic mass is 32.1. The van der Waals surface area contributed by atoms with E-state index in [0.29, 0.717) is 12.0 Å². The minimum atomic E-state index is 0.657. The van der Waals surface area contributed by atoms with E-state index in [1.807, 2.05) is 0 Å². The maximum Gasteiger partial charge on any atom is 0.168 e. The standard InChI is InChI=1S/C11H22N2S/c1-9(2)8-12-11(14)13(3)10-6-4-5-7-10/h9-10H,4-8H2,1-3H3,(H,12,14). The van der Waals surface area contributed by atoms with Crippen LogP contribution in [0.3, 0.4) is 0 Å². The van der Waals surface area contributed by atoms with Gasteiger partial charge in [0.05, 0.1) is 0 Å². The van der Waals surface area contributed by atoms with Gasteiger partial charge >= 0.3 is 0 Å². The number of hydrogen-bond donors (Lipinski definition) is 1. The molecule has 0 heterocycles. The number of hydrogen-bond acceptors (Lipinski definition) is 1. The Balaban J connectivity index is 2.28. The Morgan fingerprint density at radius 3 is 2.50 bits per heavy atom. The van der Waals surface area contributed by atoms with Gasteiger partial charge < -0.3 is 10.2 Å². The van der Waals surface area contributed by atoms with E-state index < -0.39 is 0 Å². The van der Waals surface area contributed by atoms with Crippen LogP contribution in [0.15, 0.2) is 0 Å². The van der Waals surface area contributed by atoms with Crippen LogP contribution in [0.1, 0.15) is 39.5 Å². The predicted molar refractivity (Wildman–Crippen MR) is 65.5 cm³/mol. The van der Waals surface area contributed by atoms with Gasteiger partial charge in [0.2, 0.25) is 0 Å². The summed E-state index contributed by atoms with van der Waals surface area (Å²) < 4.78 is 0. The summed E-state index contributed by atoms with van der Waals surface area (Å²) in [5, 5.41) is 4.24. The second kappa shape index (κ2) is 5.54. The molecule has 0 bridgehead atoms. The van der Waals surface area contributed by atoms with Gasteiger partial charge in [-0.05, 0) is 31.0 Å². The second-order valence-electron chi connectivity index (χ2n) is 4.63. The van der Waals surface area contributed by atoms with Gasteiger partial charge in [-0.1, -0.05) is 26.7 Å². The van der Waals surface area contributed by atoms with Gasteiger partial charge in [0.25, 0.3) is 0 Å². The van der Waals surface area contributed by atoms with Gasteiger partial charge in [-0.3, -0.25) is 0 Å². The SMILES string of the molecule is CC(C)CNC(=S)N(C)C1CCCC1. The molecule has 0 spiro atoms. The van der Waals surface area contributed by atoms with E-state index in [2.05, 4.69) is 31.1 Å². The van der Waals surface area contributed by atoms with Crippen LogP contribution >= 0.6 is 12.2 Å². The molecule has 0 atom stereocenters. The third-order valence-corrected chi connectivity index (χ3v) is 3.29. The molecule has 0 aromatic carbocycles. The van der Waals surface area contributed by atoms with Crippen molar-refractivity contribution in [1.82, 2.24) is 10.2 Å². The predicted octanol–water partition coefficient (Wildman–Crippen LogP) is 2.39. The molecule has 0 saturated heterocycles. The van der Waals surface area contributed by atoms with Crippen molar-refractivity contribution in [2.45, 2.75) is 45.6 Å². The van der Waals surface area contributed by atoms with E-state index >= 15 is 0 Å². The molecule has 0 aromatic rings.